The van der Waals surface area contributed by atoms with E-state index in [1.807, 2.05) is 0 Å². The lowest BCUT2D eigenvalue weighted by Gasteiger charge is -2.41. The van der Waals surface area contributed by atoms with Gasteiger partial charge < -0.3 is 10.8 Å². The van der Waals surface area contributed by atoms with Crippen LogP contribution in [0.5, 0.6) is 0 Å². The molecule has 3 N–H and O–H groups in total. The van der Waals surface area contributed by atoms with E-state index in [-0.39, 0.29) is 11.5 Å². The molecule has 0 aromatic heterocycles. The Hall–Kier alpha value is -0.0800. The molecule has 2 unspecified atom stereocenters. The summed E-state index contributed by atoms with van der Waals surface area (Å²) in [5, 5.41) is 10.4. The Labute approximate surface area is 94.2 Å². The molecular weight excluding hydrogens is 186 g/mol. The Morgan fingerprint density at radius 1 is 1.27 bits per heavy atom. The number of rotatable bonds is 5. The minimum atomic E-state index is -0.192. The van der Waals surface area contributed by atoms with Crippen LogP contribution in [0.2, 0.25) is 0 Å². The van der Waals surface area contributed by atoms with Crippen LogP contribution in [0.4, 0.5) is 0 Å². The van der Waals surface area contributed by atoms with Crippen molar-refractivity contribution in [1.29, 1.82) is 0 Å². The van der Waals surface area contributed by atoms with Gasteiger partial charge in [0.25, 0.3) is 0 Å². The van der Waals surface area contributed by atoms with E-state index in [1.54, 1.807) is 0 Å². The van der Waals surface area contributed by atoms with E-state index in [4.69, 9.17) is 5.73 Å². The fourth-order valence-electron chi connectivity index (χ4n) is 3.00. The third-order valence-electron chi connectivity index (χ3n) is 4.12. The predicted octanol–water partition coefficient (Wildman–Crippen LogP) is 2.69. The fraction of sp³-hybridized carbons (Fsp3) is 1.00. The molecule has 0 amide bonds. The Balaban J connectivity index is 2.58. The van der Waals surface area contributed by atoms with E-state index in [9.17, 15) is 5.11 Å². The lowest BCUT2D eigenvalue weighted by Crippen LogP contribution is -2.42. The minimum absolute atomic E-state index is 0.136. The zero-order chi connectivity index (χ0) is 11.3. The molecule has 1 saturated carbocycles. The van der Waals surface area contributed by atoms with Crippen LogP contribution in [0.3, 0.4) is 0 Å². The van der Waals surface area contributed by atoms with Gasteiger partial charge in [0.2, 0.25) is 0 Å². The maximum atomic E-state index is 10.4. The van der Waals surface area contributed by atoms with Crippen molar-refractivity contribution in [3.8, 4) is 0 Å². The maximum Gasteiger partial charge on any atom is 0.0633 e. The molecule has 1 fully saturated rings. The summed E-state index contributed by atoms with van der Waals surface area (Å²) >= 11 is 0. The number of hydrogen-bond donors (Lipinski definition) is 2. The molecule has 2 heteroatoms. The summed E-state index contributed by atoms with van der Waals surface area (Å²) in [7, 11) is 0. The second-order valence-corrected chi connectivity index (χ2v) is 5.44. The zero-order valence-corrected chi connectivity index (χ0v) is 10.3. The van der Waals surface area contributed by atoms with Crippen molar-refractivity contribution in [1.82, 2.24) is 0 Å². The van der Waals surface area contributed by atoms with E-state index in [2.05, 4.69) is 13.8 Å². The first-order valence-corrected chi connectivity index (χ1v) is 6.52. The molecule has 0 saturated heterocycles. The van der Waals surface area contributed by atoms with Crippen LogP contribution in [-0.2, 0) is 0 Å². The highest BCUT2D eigenvalue weighted by Crippen LogP contribution is 2.41. The number of aliphatic hydroxyl groups excluding tert-OH is 1. The largest absolute Gasteiger partial charge is 0.392 e. The highest BCUT2D eigenvalue weighted by molar-refractivity contribution is 4.89. The number of nitrogens with two attached hydrogens (primary N) is 1. The lowest BCUT2D eigenvalue weighted by molar-refractivity contribution is -0.0308. The molecular formula is C13H27NO. The van der Waals surface area contributed by atoms with Crippen molar-refractivity contribution >= 4 is 0 Å². The minimum Gasteiger partial charge on any atom is -0.392 e. The molecule has 0 radical (unpaired) electrons. The second-order valence-electron chi connectivity index (χ2n) is 5.44. The van der Waals surface area contributed by atoms with Gasteiger partial charge in [0.1, 0.15) is 0 Å². The summed E-state index contributed by atoms with van der Waals surface area (Å²) in [6.45, 7) is 5.04. The SMILES string of the molecule is CCCC(CN)C(O)C1(C)CCCCC1. The molecule has 0 spiro atoms. The van der Waals surface area contributed by atoms with Crippen LogP contribution in [0.25, 0.3) is 0 Å². The highest BCUT2D eigenvalue weighted by atomic mass is 16.3. The van der Waals surface area contributed by atoms with E-state index in [1.165, 1.54) is 32.1 Å². The third-order valence-corrected chi connectivity index (χ3v) is 4.12. The first-order chi connectivity index (χ1) is 7.14. The van der Waals surface area contributed by atoms with Gasteiger partial charge in [-0.2, -0.15) is 0 Å². The van der Waals surface area contributed by atoms with Gasteiger partial charge in [-0.3, -0.25) is 0 Å². The van der Waals surface area contributed by atoms with Crippen LogP contribution in [0, 0.1) is 11.3 Å². The highest BCUT2D eigenvalue weighted by Gasteiger charge is 2.37. The monoisotopic (exact) mass is 213 g/mol. The summed E-state index contributed by atoms with van der Waals surface area (Å²) in [4.78, 5) is 0. The van der Waals surface area contributed by atoms with E-state index in [0.29, 0.717) is 12.5 Å². The first-order valence-electron chi connectivity index (χ1n) is 6.52. The average molecular weight is 213 g/mol. The molecule has 2 nitrogen and oxygen atoms in total. The second kappa shape index (κ2) is 5.86. The normalized spacial score (nSPS) is 24.8. The van der Waals surface area contributed by atoms with Gasteiger partial charge in [0, 0.05) is 0 Å². The molecule has 1 aliphatic carbocycles. The summed E-state index contributed by atoms with van der Waals surface area (Å²) in [5.74, 6) is 0.304. The van der Waals surface area contributed by atoms with Gasteiger partial charge in [-0.15, -0.1) is 0 Å². The molecule has 0 bridgehead atoms. The maximum absolute atomic E-state index is 10.4. The van der Waals surface area contributed by atoms with E-state index in [0.717, 1.165) is 12.8 Å². The van der Waals surface area contributed by atoms with Crippen LogP contribution >= 0.6 is 0 Å². The van der Waals surface area contributed by atoms with Gasteiger partial charge in [-0.1, -0.05) is 39.5 Å². The van der Waals surface area contributed by atoms with E-state index >= 15 is 0 Å². The number of aliphatic hydroxyl groups is 1. The van der Waals surface area contributed by atoms with Gasteiger partial charge in [-0.25, -0.2) is 0 Å². The van der Waals surface area contributed by atoms with Gasteiger partial charge in [-0.05, 0) is 37.1 Å². The quantitative estimate of drug-likeness (QED) is 0.737. The fourth-order valence-corrected chi connectivity index (χ4v) is 3.00. The topological polar surface area (TPSA) is 46.2 Å². The van der Waals surface area contributed by atoms with Crippen LogP contribution in [0.1, 0.15) is 58.8 Å². The molecule has 0 aromatic rings. The molecule has 0 aromatic carbocycles. The van der Waals surface area contributed by atoms with Gasteiger partial charge in [0.05, 0.1) is 6.10 Å². The standard InChI is InChI=1S/C13H27NO/c1-3-7-11(10-14)12(15)13(2)8-5-4-6-9-13/h11-12,15H,3-10,14H2,1-2H3. The third kappa shape index (κ3) is 3.18. The molecule has 1 rings (SSSR count). The van der Waals surface area contributed by atoms with Crippen molar-refractivity contribution < 1.29 is 5.11 Å². The Morgan fingerprint density at radius 2 is 1.87 bits per heavy atom. The van der Waals surface area contributed by atoms with Gasteiger partial charge >= 0.3 is 0 Å². The molecule has 1 aliphatic rings. The number of hydrogen-bond acceptors (Lipinski definition) is 2. The van der Waals surface area contributed by atoms with E-state index < -0.39 is 0 Å². The van der Waals surface area contributed by atoms with Crippen molar-refractivity contribution in [2.75, 3.05) is 6.54 Å². The van der Waals surface area contributed by atoms with Crippen molar-refractivity contribution in [2.45, 2.75) is 64.9 Å². The summed E-state index contributed by atoms with van der Waals surface area (Å²) in [6, 6.07) is 0. The zero-order valence-electron chi connectivity index (χ0n) is 10.3. The van der Waals surface area contributed by atoms with Crippen molar-refractivity contribution in [3.05, 3.63) is 0 Å². The first kappa shape index (κ1) is 13.0. The molecule has 0 aliphatic heterocycles. The lowest BCUT2D eigenvalue weighted by atomic mass is 9.68. The summed E-state index contributed by atoms with van der Waals surface area (Å²) < 4.78 is 0. The Morgan fingerprint density at radius 3 is 2.33 bits per heavy atom. The van der Waals surface area contributed by atoms with Gasteiger partial charge in [0.15, 0.2) is 0 Å². The molecule has 90 valence electrons. The average Bonchev–Trinajstić information content (AvgIpc) is 2.26. The Kier molecular flexibility index (Phi) is 5.07. The van der Waals surface area contributed by atoms with Crippen molar-refractivity contribution in [2.24, 2.45) is 17.1 Å². The molecule has 0 heterocycles. The predicted molar refractivity (Wildman–Crippen MR) is 64.7 cm³/mol. The van der Waals surface area contributed by atoms with Crippen molar-refractivity contribution in [3.63, 3.8) is 0 Å². The van der Waals surface area contributed by atoms with Crippen LogP contribution in [0.15, 0.2) is 0 Å². The summed E-state index contributed by atoms with van der Waals surface area (Å²) in [5.41, 5.74) is 5.90. The van der Waals surface area contributed by atoms with Crippen LogP contribution in [-0.4, -0.2) is 17.8 Å². The van der Waals surface area contributed by atoms with Crippen LogP contribution < -0.4 is 5.73 Å². The Bertz CT molecular complexity index is 175. The molecule has 15 heavy (non-hydrogen) atoms. The molecule has 2 atom stereocenters. The smallest absolute Gasteiger partial charge is 0.0633 e. The summed E-state index contributed by atoms with van der Waals surface area (Å²) in [6.07, 6.45) is 8.23.